The number of hydrogen-bond donors (Lipinski definition) is 0. The Morgan fingerprint density at radius 1 is 1.09 bits per heavy atom. The summed E-state index contributed by atoms with van der Waals surface area (Å²) in [7, 11) is 0. The Hall–Kier alpha value is -0.860. The quantitative estimate of drug-likeness (QED) is 0.458. The lowest BCUT2D eigenvalue weighted by atomic mass is 9.91. The number of ether oxygens (including phenoxy) is 2. The Labute approximate surface area is 135 Å². The number of hydrogen-bond acceptors (Lipinski definition) is 2. The molecule has 2 aliphatic heterocycles. The van der Waals surface area contributed by atoms with Crippen molar-refractivity contribution in [2.24, 2.45) is 0 Å². The molecule has 1 aliphatic carbocycles. The Bertz CT molecular complexity index is 526. The highest BCUT2D eigenvalue weighted by Gasteiger charge is 2.51. The zero-order chi connectivity index (χ0) is 15.7. The first-order valence-corrected chi connectivity index (χ1v) is 8.79. The van der Waals surface area contributed by atoms with Gasteiger partial charge in [0.1, 0.15) is 0 Å². The van der Waals surface area contributed by atoms with Crippen molar-refractivity contribution in [3.05, 3.63) is 34.4 Å². The van der Waals surface area contributed by atoms with E-state index >= 15 is 0 Å². The lowest BCUT2D eigenvalue weighted by molar-refractivity contribution is 0.150. The second-order valence-corrected chi connectivity index (χ2v) is 7.60. The SMILES string of the molecule is CC1=CC2OCC(C)=C2CCC2(C)OC2CCC(C)=CCC1. The van der Waals surface area contributed by atoms with Crippen molar-refractivity contribution in [3.63, 3.8) is 0 Å². The van der Waals surface area contributed by atoms with E-state index in [1.807, 2.05) is 0 Å². The smallest absolute Gasteiger partial charge is 0.0977 e. The molecule has 0 radical (unpaired) electrons. The Kier molecular flexibility index (Phi) is 4.61. The molecule has 3 atom stereocenters. The summed E-state index contributed by atoms with van der Waals surface area (Å²) in [5.41, 5.74) is 5.99. The third-order valence-corrected chi connectivity index (χ3v) is 5.57. The zero-order valence-corrected chi connectivity index (χ0v) is 14.6. The molecule has 1 fully saturated rings. The first-order valence-electron chi connectivity index (χ1n) is 8.79. The molecule has 1 saturated heterocycles. The average molecular weight is 302 g/mol. The van der Waals surface area contributed by atoms with Gasteiger partial charge >= 0.3 is 0 Å². The predicted molar refractivity (Wildman–Crippen MR) is 90.9 cm³/mol. The van der Waals surface area contributed by atoms with Crippen molar-refractivity contribution >= 4 is 0 Å². The highest BCUT2D eigenvalue weighted by molar-refractivity contribution is 5.28. The molecule has 2 heterocycles. The first kappa shape index (κ1) is 16.0. The Morgan fingerprint density at radius 3 is 2.73 bits per heavy atom. The fourth-order valence-corrected chi connectivity index (χ4v) is 3.76. The van der Waals surface area contributed by atoms with Gasteiger partial charge in [-0.25, -0.2) is 0 Å². The number of rotatable bonds is 0. The molecule has 0 aromatic heterocycles. The molecule has 3 aliphatic rings. The van der Waals surface area contributed by atoms with Gasteiger partial charge in [-0.2, -0.15) is 0 Å². The van der Waals surface area contributed by atoms with Crippen LogP contribution < -0.4 is 0 Å². The minimum atomic E-state index is 0.101. The number of allylic oxidation sites excluding steroid dienone is 3. The fourth-order valence-electron chi connectivity index (χ4n) is 3.76. The highest BCUT2D eigenvalue weighted by Crippen LogP contribution is 2.45. The van der Waals surface area contributed by atoms with Crippen molar-refractivity contribution in [3.8, 4) is 0 Å². The third-order valence-electron chi connectivity index (χ3n) is 5.57. The van der Waals surface area contributed by atoms with Crippen LogP contribution in [0.3, 0.4) is 0 Å². The van der Waals surface area contributed by atoms with Crippen molar-refractivity contribution in [2.75, 3.05) is 6.61 Å². The molecule has 0 saturated carbocycles. The summed E-state index contributed by atoms with van der Waals surface area (Å²) in [6.45, 7) is 9.80. The van der Waals surface area contributed by atoms with Crippen molar-refractivity contribution in [2.45, 2.75) is 84.0 Å². The van der Waals surface area contributed by atoms with E-state index in [2.05, 4.69) is 39.8 Å². The normalized spacial score (nSPS) is 36.9. The Morgan fingerprint density at radius 2 is 1.91 bits per heavy atom. The van der Waals surface area contributed by atoms with Crippen LogP contribution in [0.5, 0.6) is 0 Å². The molecule has 22 heavy (non-hydrogen) atoms. The molecule has 0 amide bonds. The van der Waals surface area contributed by atoms with Gasteiger partial charge in [-0.1, -0.05) is 23.3 Å². The van der Waals surface area contributed by atoms with Gasteiger partial charge in [-0.15, -0.1) is 0 Å². The average Bonchev–Trinajstić information content (AvgIpc) is 2.99. The summed E-state index contributed by atoms with van der Waals surface area (Å²) in [6.07, 6.45) is 12.3. The molecule has 0 N–H and O–H groups in total. The molecule has 0 spiro atoms. The fraction of sp³-hybridized carbons (Fsp3) is 0.700. The summed E-state index contributed by atoms with van der Waals surface area (Å²) in [5, 5.41) is 0. The molecular weight excluding hydrogens is 272 g/mol. The summed E-state index contributed by atoms with van der Waals surface area (Å²) in [5.74, 6) is 0. The predicted octanol–water partition coefficient (Wildman–Crippen LogP) is 5.11. The number of fused-ring (bicyclic) bond motifs is 2. The summed E-state index contributed by atoms with van der Waals surface area (Å²) in [4.78, 5) is 0. The van der Waals surface area contributed by atoms with Crippen LogP contribution in [-0.4, -0.2) is 24.4 Å². The molecule has 3 rings (SSSR count). The highest BCUT2D eigenvalue weighted by atomic mass is 16.6. The van der Waals surface area contributed by atoms with Crippen LogP contribution in [0.15, 0.2) is 34.4 Å². The lowest BCUT2D eigenvalue weighted by Crippen LogP contribution is -2.14. The second kappa shape index (κ2) is 6.33. The molecule has 0 bridgehead atoms. The third kappa shape index (κ3) is 3.55. The largest absolute Gasteiger partial charge is 0.366 e. The topological polar surface area (TPSA) is 21.8 Å². The van der Waals surface area contributed by atoms with E-state index in [0.717, 1.165) is 32.3 Å². The van der Waals surface area contributed by atoms with E-state index in [1.54, 1.807) is 0 Å². The van der Waals surface area contributed by atoms with Crippen LogP contribution in [0, 0.1) is 0 Å². The minimum Gasteiger partial charge on any atom is -0.366 e. The summed E-state index contributed by atoms with van der Waals surface area (Å²) < 4.78 is 12.0. The maximum atomic E-state index is 6.03. The molecule has 3 unspecified atom stereocenters. The Balaban J connectivity index is 1.78. The van der Waals surface area contributed by atoms with Gasteiger partial charge < -0.3 is 9.47 Å². The maximum absolute atomic E-state index is 6.03. The van der Waals surface area contributed by atoms with Gasteiger partial charge in [0.2, 0.25) is 0 Å². The minimum absolute atomic E-state index is 0.101. The first-order chi connectivity index (χ1) is 10.5. The van der Waals surface area contributed by atoms with Crippen molar-refractivity contribution < 1.29 is 9.47 Å². The standard InChI is InChI=1S/C20H30O2/c1-14-6-5-7-15(2)12-18-17(16(3)13-21-18)10-11-20(4)19(22-20)9-8-14/h6,12,18-19H,5,7-11,13H2,1-4H3. The van der Waals surface area contributed by atoms with Crippen LogP contribution in [0.1, 0.15) is 66.2 Å². The molecule has 2 heteroatoms. The second-order valence-electron chi connectivity index (χ2n) is 7.60. The molecule has 2 nitrogen and oxygen atoms in total. The van der Waals surface area contributed by atoms with Gasteiger partial charge in [-0.05, 0) is 77.4 Å². The summed E-state index contributed by atoms with van der Waals surface area (Å²) in [6, 6.07) is 0. The van der Waals surface area contributed by atoms with Crippen molar-refractivity contribution in [1.29, 1.82) is 0 Å². The lowest BCUT2D eigenvalue weighted by Gasteiger charge is -2.15. The van der Waals surface area contributed by atoms with Crippen LogP contribution in [0.2, 0.25) is 0 Å². The van der Waals surface area contributed by atoms with Gasteiger partial charge in [-0.3, -0.25) is 0 Å². The van der Waals surface area contributed by atoms with E-state index in [-0.39, 0.29) is 11.7 Å². The molecule has 122 valence electrons. The number of epoxide rings is 1. The van der Waals surface area contributed by atoms with Crippen LogP contribution in [0.25, 0.3) is 0 Å². The van der Waals surface area contributed by atoms with Crippen LogP contribution in [-0.2, 0) is 9.47 Å². The van der Waals surface area contributed by atoms with E-state index in [0.29, 0.717) is 6.10 Å². The van der Waals surface area contributed by atoms with E-state index in [4.69, 9.17) is 9.47 Å². The van der Waals surface area contributed by atoms with Gasteiger partial charge in [0.15, 0.2) is 0 Å². The monoisotopic (exact) mass is 302 g/mol. The van der Waals surface area contributed by atoms with Gasteiger partial charge in [0.05, 0.1) is 24.4 Å². The van der Waals surface area contributed by atoms with Crippen LogP contribution in [0.4, 0.5) is 0 Å². The maximum Gasteiger partial charge on any atom is 0.0977 e. The van der Waals surface area contributed by atoms with Gasteiger partial charge in [0.25, 0.3) is 0 Å². The van der Waals surface area contributed by atoms with Crippen molar-refractivity contribution in [1.82, 2.24) is 0 Å². The summed E-state index contributed by atoms with van der Waals surface area (Å²) >= 11 is 0. The van der Waals surface area contributed by atoms with E-state index in [9.17, 15) is 0 Å². The van der Waals surface area contributed by atoms with Gasteiger partial charge in [0, 0.05) is 0 Å². The molecule has 0 aromatic rings. The van der Waals surface area contributed by atoms with E-state index < -0.39 is 0 Å². The van der Waals surface area contributed by atoms with E-state index in [1.165, 1.54) is 35.1 Å². The molecule has 0 aromatic carbocycles. The zero-order valence-electron chi connectivity index (χ0n) is 14.6. The molecular formula is C20H30O2. The van der Waals surface area contributed by atoms with Crippen LogP contribution >= 0.6 is 0 Å².